The Morgan fingerprint density at radius 1 is 0.957 bits per heavy atom. The SMILES string of the molecule is O=C(O)C1C2CC(C1C(=O)O)C1C2N1S(=O)(=O)c1ccccc1. The van der Waals surface area contributed by atoms with Crippen LogP contribution in [-0.2, 0) is 19.6 Å². The summed E-state index contributed by atoms with van der Waals surface area (Å²) < 4.78 is 26.7. The minimum absolute atomic E-state index is 0.160. The highest BCUT2D eigenvalue weighted by atomic mass is 32.2. The van der Waals surface area contributed by atoms with Crippen LogP contribution >= 0.6 is 0 Å². The molecule has 6 unspecified atom stereocenters. The van der Waals surface area contributed by atoms with E-state index in [9.17, 15) is 28.2 Å². The summed E-state index contributed by atoms with van der Waals surface area (Å²) >= 11 is 0. The van der Waals surface area contributed by atoms with E-state index < -0.39 is 45.6 Å². The van der Waals surface area contributed by atoms with E-state index in [1.54, 1.807) is 18.2 Å². The number of hydrogen-bond acceptors (Lipinski definition) is 4. The van der Waals surface area contributed by atoms with Gasteiger partial charge in [0.05, 0.1) is 16.7 Å². The highest BCUT2D eigenvalue weighted by Crippen LogP contribution is 2.64. The fraction of sp³-hybridized carbons (Fsp3) is 0.467. The van der Waals surface area contributed by atoms with Gasteiger partial charge in [-0.25, -0.2) is 8.42 Å². The summed E-state index contributed by atoms with van der Waals surface area (Å²) in [5.74, 6) is -5.13. The topological polar surface area (TPSA) is 112 Å². The molecular formula is C15H15NO6S. The number of carbonyl (C=O) groups is 2. The molecule has 1 aromatic carbocycles. The molecule has 0 aromatic heterocycles. The maximum Gasteiger partial charge on any atom is 0.307 e. The van der Waals surface area contributed by atoms with Crippen molar-refractivity contribution in [3.63, 3.8) is 0 Å². The zero-order valence-corrected chi connectivity index (χ0v) is 12.8. The van der Waals surface area contributed by atoms with Gasteiger partial charge < -0.3 is 10.2 Å². The van der Waals surface area contributed by atoms with Gasteiger partial charge in [-0.15, -0.1) is 0 Å². The minimum Gasteiger partial charge on any atom is -0.481 e. The number of fused-ring (bicyclic) bond motifs is 5. The van der Waals surface area contributed by atoms with Crippen molar-refractivity contribution >= 4 is 22.0 Å². The van der Waals surface area contributed by atoms with Crippen molar-refractivity contribution in [2.24, 2.45) is 23.7 Å². The van der Waals surface area contributed by atoms with Crippen molar-refractivity contribution in [2.75, 3.05) is 0 Å². The lowest BCUT2D eigenvalue weighted by Crippen LogP contribution is -2.37. The summed E-state index contributed by atoms with van der Waals surface area (Å²) in [6.45, 7) is 0. The summed E-state index contributed by atoms with van der Waals surface area (Å²) in [5.41, 5.74) is 0. The summed E-state index contributed by atoms with van der Waals surface area (Å²) in [7, 11) is -3.70. The predicted molar refractivity (Wildman–Crippen MR) is 76.9 cm³/mol. The van der Waals surface area contributed by atoms with Crippen LogP contribution in [0.1, 0.15) is 6.42 Å². The normalized spacial score (nSPS) is 40.6. The van der Waals surface area contributed by atoms with E-state index in [-0.39, 0.29) is 17.0 Å². The van der Waals surface area contributed by atoms with Crippen LogP contribution in [0.2, 0.25) is 0 Å². The van der Waals surface area contributed by atoms with Crippen molar-refractivity contribution in [3.05, 3.63) is 30.3 Å². The van der Waals surface area contributed by atoms with Crippen LogP contribution in [0.25, 0.3) is 0 Å². The fourth-order valence-corrected chi connectivity index (χ4v) is 6.58. The summed E-state index contributed by atoms with van der Waals surface area (Å²) in [6.07, 6.45) is 0.476. The first-order valence-electron chi connectivity index (χ1n) is 7.40. The number of carboxylic acids is 2. The van der Waals surface area contributed by atoms with E-state index >= 15 is 0 Å². The summed E-state index contributed by atoms with van der Waals surface area (Å²) in [6, 6.07) is 7.21. The van der Waals surface area contributed by atoms with Crippen molar-refractivity contribution < 1.29 is 28.2 Å². The molecule has 3 aliphatic rings. The van der Waals surface area contributed by atoms with Gasteiger partial charge in [0.2, 0.25) is 10.0 Å². The number of rotatable bonds is 4. The van der Waals surface area contributed by atoms with Crippen LogP contribution in [0.4, 0.5) is 0 Å². The first kappa shape index (κ1) is 14.6. The van der Waals surface area contributed by atoms with Gasteiger partial charge >= 0.3 is 11.9 Å². The highest BCUT2D eigenvalue weighted by molar-refractivity contribution is 7.89. The molecule has 8 heteroatoms. The maximum atomic E-state index is 12.7. The van der Waals surface area contributed by atoms with Crippen LogP contribution in [0, 0.1) is 23.7 Å². The lowest BCUT2D eigenvalue weighted by Gasteiger charge is -2.22. The molecule has 1 saturated heterocycles. The molecule has 2 saturated carbocycles. The van der Waals surface area contributed by atoms with Crippen LogP contribution in [0.5, 0.6) is 0 Å². The second-order valence-electron chi connectivity index (χ2n) is 6.42. The third-order valence-corrected chi connectivity index (χ3v) is 7.38. The Balaban J connectivity index is 1.69. The molecule has 2 aliphatic carbocycles. The smallest absolute Gasteiger partial charge is 0.307 e. The monoisotopic (exact) mass is 337 g/mol. The Morgan fingerprint density at radius 2 is 1.43 bits per heavy atom. The number of nitrogens with zero attached hydrogens (tertiary/aromatic N) is 1. The molecule has 0 amide bonds. The summed E-state index contributed by atoms with van der Waals surface area (Å²) in [4.78, 5) is 23.1. The molecule has 23 heavy (non-hydrogen) atoms. The molecule has 1 aromatic rings. The predicted octanol–water partition coefficient (Wildman–Crippen LogP) is 0.479. The molecule has 3 fully saturated rings. The molecule has 6 atom stereocenters. The average Bonchev–Trinajstić information content (AvgIpc) is 3.02. The first-order valence-corrected chi connectivity index (χ1v) is 8.84. The molecule has 4 rings (SSSR count). The molecule has 2 bridgehead atoms. The average molecular weight is 337 g/mol. The van der Waals surface area contributed by atoms with Gasteiger partial charge in [-0.1, -0.05) is 18.2 Å². The highest BCUT2D eigenvalue weighted by Gasteiger charge is 2.76. The van der Waals surface area contributed by atoms with Gasteiger partial charge in [0.25, 0.3) is 0 Å². The zero-order valence-electron chi connectivity index (χ0n) is 11.9. The summed E-state index contributed by atoms with van der Waals surface area (Å²) in [5, 5.41) is 18.7. The Labute approximate surface area is 132 Å². The van der Waals surface area contributed by atoms with Crippen molar-refractivity contribution in [1.82, 2.24) is 4.31 Å². The Bertz CT molecular complexity index is 759. The molecule has 0 radical (unpaired) electrons. The maximum absolute atomic E-state index is 12.7. The molecule has 1 heterocycles. The second-order valence-corrected chi connectivity index (χ2v) is 8.26. The van der Waals surface area contributed by atoms with E-state index in [1.165, 1.54) is 16.4 Å². The second kappa shape index (κ2) is 4.55. The standard InChI is InChI=1S/C15H15NO6S/c17-14(18)10-8-6-9(11(10)15(19)20)13-12(8)16(13)23(21,22)7-4-2-1-3-5-7/h1-5,8-13H,6H2,(H,17,18)(H,19,20). The quantitative estimate of drug-likeness (QED) is 0.773. The molecule has 0 spiro atoms. The minimum atomic E-state index is -3.70. The van der Waals surface area contributed by atoms with E-state index in [2.05, 4.69) is 0 Å². The number of carboxylic acid groups (broad SMARTS) is 2. The fourth-order valence-electron chi connectivity index (χ4n) is 4.68. The van der Waals surface area contributed by atoms with E-state index in [0.29, 0.717) is 6.42 Å². The van der Waals surface area contributed by atoms with Crippen LogP contribution < -0.4 is 0 Å². The molecule has 122 valence electrons. The van der Waals surface area contributed by atoms with Crippen molar-refractivity contribution in [1.29, 1.82) is 0 Å². The van der Waals surface area contributed by atoms with Crippen LogP contribution in [-0.4, -0.2) is 47.0 Å². The molecular weight excluding hydrogens is 322 g/mol. The Kier molecular flexibility index (Phi) is 2.90. The van der Waals surface area contributed by atoms with E-state index in [4.69, 9.17) is 0 Å². The zero-order chi connectivity index (χ0) is 16.5. The lowest BCUT2D eigenvalue weighted by molar-refractivity contribution is -0.155. The van der Waals surface area contributed by atoms with Crippen molar-refractivity contribution in [3.8, 4) is 0 Å². The number of piperidine rings is 1. The Morgan fingerprint density at radius 3 is 1.87 bits per heavy atom. The number of sulfonamides is 1. The molecule has 2 N–H and O–H groups in total. The van der Waals surface area contributed by atoms with Gasteiger partial charge in [-0.2, -0.15) is 4.31 Å². The third-order valence-electron chi connectivity index (χ3n) is 5.47. The number of hydrogen-bond donors (Lipinski definition) is 2. The largest absolute Gasteiger partial charge is 0.481 e. The van der Waals surface area contributed by atoms with Gasteiger partial charge in [-0.05, 0) is 30.4 Å². The van der Waals surface area contributed by atoms with Gasteiger partial charge in [-0.3, -0.25) is 9.59 Å². The van der Waals surface area contributed by atoms with Crippen LogP contribution in [0.15, 0.2) is 35.2 Å². The van der Waals surface area contributed by atoms with Gasteiger partial charge in [0.15, 0.2) is 0 Å². The van der Waals surface area contributed by atoms with Crippen molar-refractivity contribution in [2.45, 2.75) is 23.4 Å². The Hall–Kier alpha value is -1.93. The third kappa shape index (κ3) is 1.82. The van der Waals surface area contributed by atoms with E-state index in [0.717, 1.165) is 0 Å². The lowest BCUT2D eigenvalue weighted by atomic mass is 9.79. The first-order chi connectivity index (χ1) is 10.9. The molecule has 1 aliphatic heterocycles. The van der Waals surface area contributed by atoms with Gasteiger partial charge in [0, 0.05) is 12.1 Å². The number of aliphatic carboxylic acids is 2. The molecule has 7 nitrogen and oxygen atoms in total. The number of benzene rings is 1. The van der Waals surface area contributed by atoms with E-state index in [1.807, 2.05) is 0 Å². The van der Waals surface area contributed by atoms with Crippen LogP contribution in [0.3, 0.4) is 0 Å². The van der Waals surface area contributed by atoms with Gasteiger partial charge in [0.1, 0.15) is 0 Å².